The Balaban J connectivity index is 2.05. The fourth-order valence-electron chi connectivity index (χ4n) is 3.84. The third kappa shape index (κ3) is 2.56. The molecule has 0 spiro atoms. The van der Waals surface area contributed by atoms with Crippen LogP contribution in [-0.2, 0) is 4.79 Å². The maximum absolute atomic E-state index is 12.8. The van der Waals surface area contributed by atoms with Crippen LogP contribution in [0.15, 0.2) is 0 Å². The number of hydrogen-bond donors (Lipinski definition) is 1. The molecule has 0 aliphatic carbocycles. The Morgan fingerprint density at radius 3 is 2.56 bits per heavy atom. The molecule has 3 unspecified atom stereocenters. The number of rotatable bonds is 5. The van der Waals surface area contributed by atoms with E-state index in [2.05, 4.69) is 31.0 Å². The van der Waals surface area contributed by atoms with Gasteiger partial charge in [0.1, 0.15) is 0 Å². The number of nitrogens with zero attached hydrogens (tertiary/aromatic N) is 1. The molecule has 2 heterocycles. The molecule has 3 heteroatoms. The summed E-state index contributed by atoms with van der Waals surface area (Å²) in [5.41, 5.74) is 0. The molecule has 2 aliphatic rings. The fourth-order valence-corrected chi connectivity index (χ4v) is 3.84. The number of carbonyl (C=O) groups is 1. The van der Waals surface area contributed by atoms with Crippen LogP contribution in [0.5, 0.6) is 0 Å². The summed E-state index contributed by atoms with van der Waals surface area (Å²) < 4.78 is 0. The highest BCUT2D eigenvalue weighted by Gasteiger charge is 2.45. The van der Waals surface area contributed by atoms with E-state index in [-0.39, 0.29) is 5.92 Å². The predicted molar refractivity (Wildman–Crippen MR) is 74.4 cm³/mol. The fraction of sp³-hybridized carbons (Fsp3) is 0.933. The van der Waals surface area contributed by atoms with Gasteiger partial charge in [-0.15, -0.1) is 0 Å². The quantitative estimate of drug-likeness (QED) is 0.815. The summed E-state index contributed by atoms with van der Waals surface area (Å²) in [5, 5.41) is 3.44. The number of amides is 1. The van der Waals surface area contributed by atoms with Crippen LogP contribution in [0, 0.1) is 11.8 Å². The summed E-state index contributed by atoms with van der Waals surface area (Å²) in [6, 6.07) is 0.925. The van der Waals surface area contributed by atoms with Gasteiger partial charge in [-0.05, 0) is 32.1 Å². The molecular weight excluding hydrogens is 224 g/mol. The lowest BCUT2D eigenvalue weighted by Crippen LogP contribution is -2.45. The first kappa shape index (κ1) is 13.9. The Morgan fingerprint density at radius 2 is 1.94 bits per heavy atom. The van der Waals surface area contributed by atoms with Crippen molar-refractivity contribution in [3.8, 4) is 0 Å². The molecule has 0 bridgehead atoms. The van der Waals surface area contributed by atoms with E-state index in [0.717, 1.165) is 38.8 Å². The topological polar surface area (TPSA) is 32.3 Å². The Morgan fingerprint density at radius 1 is 1.28 bits per heavy atom. The molecule has 18 heavy (non-hydrogen) atoms. The Labute approximate surface area is 111 Å². The van der Waals surface area contributed by atoms with Gasteiger partial charge in [-0.3, -0.25) is 4.79 Å². The zero-order valence-corrected chi connectivity index (χ0v) is 12.1. The van der Waals surface area contributed by atoms with Crippen LogP contribution in [0.25, 0.3) is 0 Å². The smallest absolute Gasteiger partial charge is 0.226 e. The van der Waals surface area contributed by atoms with Gasteiger partial charge < -0.3 is 10.2 Å². The van der Waals surface area contributed by atoms with Crippen LogP contribution in [0.2, 0.25) is 0 Å². The normalized spacial score (nSPS) is 31.1. The largest absolute Gasteiger partial charge is 0.335 e. The lowest BCUT2D eigenvalue weighted by molar-refractivity contribution is -0.138. The first-order valence-corrected chi connectivity index (χ1v) is 7.71. The number of likely N-dealkylation sites (tertiary alicyclic amines) is 1. The van der Waals surface area contributed by atoms with E-state index in [4.69, 9.17) is 0 Å². The Hall–Kier alpha value is -0.570. The van der Waals surface area contributed by atoms with Crippen molar-refractivity contribution >= 4 is 5.91 Å². The number of hydrogen-bond acceptors (Lipinski definition) is 2. The molecule has 0 radical (unpaired) electrons. The van der Waals surface area contributed by atoms with Crippen molar-refractivity contribution in [1.29, 1.82) is 0 Å². The van der Waals surface area contributed by atoms with Gasteiger partial charge in [0.25, 0.3) is 0 Å². The molecule has 0 saturated carbocycles. The van der Waals surface area contributed by atoms with E-state index in [9.17, 15) is 4.79 Å². The Bertz CT molecular complexity index is 286. The van der Waals surface area contributed by atoms with E-state index in [1.807, 2.05) is 0 Å². The summed E-state index contributed by atoms with van der Waals surface area (Å²) >= 11 is 0. The SMILES string of the molecule is CCCC(CCC)C(=O)N1C(C)CC2CNCC21. The van der Waals surface area contributed by atoms with Gasteiger partial charge in [-0.25, -0.2) is 0 Å². The third-order valence-electron chi connectivity index (χ3n) is 4.66. The van der Waals surface area contributed by atoms with Crippen molar-refractivity contribution in [2.75, 3.05) is 13.1 Å². The molecular formula is C15H28N2O. The number of nitrogens with one attached hydrogen (secondary N) is 1. The zero-order valence-electron chi connectivity index (χ0n) is 12.1. The van der Waals surface area contributed by atoms with Crippen molar-refractivity contribution in [2.24, 2.45) is 11.8 Å². The van der Waals surface area contributed by atoms with Crippen LogP contribution >= 0.6 is 0 Å². The van der Waals surface area contributed by atoms with Gasteiger partial charge in [0.2, 0.25) is 5.91 Å². The minimum absolute atomic E-state index is 0.266. The summed E-state index contributed by atoms with van der Waals surface area (Å²) in [5.74, 6) is 1.40. The molecule has 0 aromatic carbocycles. The second-order valence-electron chi connectivity index (χ2n) is 6.09. The minimum Gasteiger partial charge on any atom is -0.335 e. The average Bonchev–Trinajstić information content (AvgIpc) is 2.87. The summed E-state index contributed by atoms with van der Waals surface area (Å²) in [6.45, 7) is 8.70. The van der Waals surface area contributed by atoms with Gasteiger partial charge in [0.15, 0.2) is 0 Å². The predicted octanol–water partition coefficient (Wildman–Crippen LogP) is 2.41. The molecule has 2 aliphatic heterocycles. The highest BCUT2D eigenvalue weighted by atomic mass is 16.2. The lowest BCUT2D eigenvalue weighted by atomic mass is 9.96. The molecule has 0 aromatic heterocycles. The maximum atomic E-state index is 12.8. The second-order valence-corrected chi connectivity index (χ2v) is 6.09. The first-order chi connectivity index (χ1) is 8.69. The first-order valence-electron chi connectivity index (χ1n) is 7.71. The van der Waals surface area contributed by atoms with Gasteiger partial charge in [-0.2, -0.15) is 0 Å². The molecule has 1 N–H and O–H groups in total. The van der Waals surface area contributed by atoms with Gasteiger partial charge in [0, 0.05) is 31.1 Å². The second kappa shape index (κ2) is 6.05. The third-order valence-corrected chi connectivity index (χ3v) is 4.66. The van der Waals surface area contributed by atoms with Gasteiger partial charge in [-0.1, -0.05) is 26.7 Å². The van der Waals surface area contributed by atoms with Crippen molar-refractivity contribution in [1.82, 2.24) is 10.2 Å². The summed E-state index contributed by atoms with van der Waals surface area (Å²) in [7, 11) is 0. The highest BCUT2D eigenvalue weighted by molar-refractivity contribution is 5.80. The van der Waals surface area contributed by atoms with Crippen LogP contribution < -0.4 is 5.32 Å². The molecule has 2 saturated heterocycles. The van der Waals surface area contributed by atoms with Crippen LogP contribution in [0.4, 0.5) is 0 Å². The van der Waals surface area contributed by atoms with E-state index in [1.165, 1.54) is 6.42 Å². The van der Waals surface area contributed by atoms with Crippen molar-refractivity contribution in [2.45, 2.75) is 65.0 Å². The molecule has 104 valence electrons. The van der Waals surface area contributed by atoms with Gasteiger partial charge in [0.05, 0.1) is 0 Å². The Kier molecular flexibility index (Phi) is 4.66. The van der Waals surface area contributed by atoms with Crippen LogP contribution in [-0.4, -0.2) is 36.0 Å². The van der Waals surface area contributed by atoms with E-state index < -0.39 is 0 Å². The molecule has 2 rings (SSSR count). The summed E-state index contributed by atoms with van der Waals surface area (Å²) in [6.07, 6.45) is 5.53. The van der Waals surface area contributed by atoms with E-state index >= 15 is 0 Å². The minimum atomic E-state index is 0.266. The van der Waals surface area contributed by atoms with Crippen LogP contribution in [0.1, 0.15) is 52.9 Å². The molecule has 3 nitrogen and oxygen atoms in total. The highest BCUT2D eigenvalue weighted by Crippen LogP contribution is 2.34. The average molecular weight is 252 g/mol. The standard InChI is InChI=1S/C15H28N2O/c1-4-6-12(7-5-2)15(18)17-11(3)8-13-9-16-10-14(13)17/h11-14,16H,4-10H2,1-3H3. The monoisotopic (exact) mass is 252 g/mol. The van der Waals surface area contributed by atoms with Crippen molar-refractivity contribution < 1.29 is 4.79 Å². The van der Waals surface area contributed by atoms with Crippen molar-refractivity contribution in [3.63, 3.8) is 0 Å². The maximum Gasteiger partial charge on any atom is 0.226 e. The van der Waals surface area contributed by atoms with Gasteiger partial charge >= 0.3 is 0 Å². The summed E-state index contributed by atoms with van der Waals surface area (Å²) in [4.78, 5) is 15.0. The molecule has 3 atom stereocenters. The molecule has 0 aromatic rings. The zero-order chi connectivity index (χ0) is 13.1. The molecule has 1 amide bonds. The number of fused-ring (bicyclic) bond motifs is 1. The van der Waals surface area contributed by atoms with E-state index in [1.54, 1.807) is 0 Å². The van der Waals surface area contributed by atoms with Crippen LogP contribution in [0.3, 0.4) is 0 Å². The van der Waals surface area contributed by atoms with Crippen molar-refractivity contribution in [3.05, 3.63) is 0 Å². The number of carbonyl (C=O) groups excluding carboxylic acids is 1. The van der Waals surface area contributed by atoms with E-state index in [0.29, 0.717) is 23.9 Å². The molecule has 2 fully saturated rings. The lowest BCUT2D eigenvalue weighted by Gasteiger charge is -2.31.